The Kier molecular flexibility index (Phi) is 6.27. The van der Waals surface area contributed by atoms with E-state index in [9.17, 15) is 0 Å². The normalized spacial score (nSPS) is 21.4. The molecule has 0 fully saturated rings. The van der Waals surface area contributed by atoms with Gasteiger partial charge >= 0.3 is 0 Å². The molecule has 7 heteroatoms. The number of amidine groups is 1. The summed E-state index contributed by atoms with van der Waals surface area (Å²) in [5, 5.41) is 7.78. The Morgan fingerprint density at radius 1 is 0.640 bits per heavy atom. The van der Waals surface area contributed by atoms with Crippen molar-refractivity contribution in [1.82, 2.24) is 9.97 Å². The van der Waals surface area contributed by atoms with Crippen LogP contribution in [0.5, 0.6) is 0 Å². The second-order valence-corrected chi connectivity index (χ2v) is 13.5. The van der Waals surface area contributed by atoms with Crippen LogP contribution >= 0.6 is 0 Å². The van der Waals surface area contributed by atoms with Gasteiger partial charge in [-0.1, -0.05) is 116 Å². The first kappa shape index (κ1) is 28.8. The zero-order valence-corrected chi connectivity index (χ0v) is 27.9. The van der Waals surface area contributed by atoms with Gasteiger partial charge in [-0.15, -0.1) is 0 Å². The van der Waals surface area contributed by atoms with E-state index in [1.807, 2.05) is 6.20 Å². The number of benzene rings is 5. The zero-order valence-electron chi connectivity index (χ0n) is 27.9. The number of para-hydroxylation sites is 3. The molecule has 242 valence electrons. The number of hydrogen-bond acceptors (Lipinski definition) is 7. The van der Waals surface area contributed by atoms with E-state index in [1.165, 1.54) is 5.56 Å². The largest absolute Gasteiger partial charge is 0.349 e. The number of anilines is 5. The van der Waals surface area contributed by atoms with Crippen molar-refractivity contribution in [3.63, 3.8) is 0 Å². The zero-order chi connectivity index (χ0) is 33.5. The molecule has 4 atom stereocenters. The summed E-state index contributed by atoms with van der Waals surface area (Å²) in [5.41, 5.74) is 11.1. The highest BCUT2D eigenvalue weighted by Gasteiger charge is 2.58. The molecule has 0 saturated heterocycles. The summed E-state index contributed by atoms with van der Waals surface area (Å²) in [6.07, 6.45) is 1.70. The first-order valence-electron chi connectivity index (χ1n) is 17.2. The topological polar surface area (TPSA) is 51.1 Å². The molecule has 0 N–H and O–H groups in total. The van der Waals surface area contributed by atoms with Gasteiger partial charge in [-0.2, -0.15) is 5.10 Å². The number of hydrazone groups is 1. The number of allylic oxidation sites excluding steroid dienone is 1. The lowest BCUT2D eigenvalue weighted by Crippen LogP contribution is -2.60. The Hall–Kier alpha value is -6.21. The average molecular weight is 650 g/mol. The summed E-state index contributed by atoms with van der Waals surface area (Å²) >= 11 is 0. The molecule has 0 bridgehead atoms. The summed E-state index contributed by atoms with van der Waals surface area (Å²) in [7, 11) is 2.19. The molecular formula is C43H35N7. The van der Waals surface area contributed by atoms with E-state index in [0.29, 0.717) is 0 Å². The number of aromatic nitrogens is 2. The lowest BCUT2D eigenvalue weighted by Gasteiger charge is -2.49. The van der Waals surface area contributed by atoms with Crippen molar-refractivity contribution in [2.45, 2.75) is 25.2 Å². The van der Waals surface area contributed by atoms with Crippen molar-refractivity contribution in [3.8, 4) is 11.4 Å². The number of aryl methyl sites for hydroxylation is 1. The maximum absolute atomic E-state index is 5.51. The minimum atomic E-state index is -0.174. The average Bonchev–Trinajstić information content (AvgIpc) is 3.67. The van der Waals surface area contributed by atoms with Gasteiger partial charge in [0.1, 0.15) is 18.0 Å². The fourth-order valence-corrected chi connectivity index (χ4v) is 8.70. The van der Waals surface area contributed by atoms with Crippen molar-refractivity contribution >= 4 is 40.0 Å². The first-order valence-corrected chi connectivity index (χ1v) is 17.2. The number of rotatable bonds is 3. The molecule has 0 amide bonds. The van der Waals surface area contributed by atoms with Gasteiger partial charge in [0, 0.05) is 35.3 Å². The van der Waals surface area contributed by atoms with Crippen LogP contribution < -0.4 is 19.7 Å². The fraction of sp³-hybridized carbons (Fsp3) is 0.140. The van der Waals surface area contributed by atoms with Crippen LogP contribution in [0.25, 0.3) is 17.0 Å². The van der Waals surface area contributed by atoms with Crippen LogP contribution in [0.1, 0.15) is 28.2 Å². The van der Waals surface area contributed by atoms with E-state index in [4.69, 9.17) is 21.6 Å². The SMILES string of the molecule is C=C1c2ccccc2N2c3nc(-c4ccccc4C)ncc3N(C)C2C2C1c1ccccc1N1N=C(c3ccccc3)N(c3ccccc3)C21. The van der Waals surface area contributed by atoms with Crippen LogP contribution in [0.3, 0.4) is 0 Å². The lowest BCUT2D eigenvalue weighted by atomic mass is 9.72. The highest BCUT2D eigenvalue weighted by atomic mass is 15.6. The predicted molar refractivity (Wildman–Crippen MR) is 203 cm³/mol. The molecule has 7 nitrogen and oxygen atoms in total. The maximum Gasteiger partial charge on any atom is 0.162 e. The molecule has 0 aliphatic carbocycles. The Morgan fingerprint density at radius 2 is 1.30 bits per heavy atom. The van der Waals surface area contributed by atoms with E-state index in [-0.39, 0.29) is 24.2 Å². The minimum absolute atomic E-state index is 0.0132. The molecule has 6 aromatic rings. The molecule has 0 spiro atoms. The summed E-state index contributed by atoms with van der Waals surface area (Å²) in [6.45, 7) is 7.04. The van der Waals surface area contributed by atoms with Crippen LogP contribution in [-0.4, -0.2) is 35.2 Å². The molecule has 1 aromatic heterocycles. The molecule has 4 aliphatic rings. The van der Waals surface area contributed by atoms with Gasteiger partial charge in [-0.05, 0) is 47.9 Å². The Labute approximate surface area is 292 Å². The molecule has 4 aliphatic heterocycles. The summed E-state index contributed by atoms with van der Waals surface area (Å²) < 4.78 is 0. The number of nitrogens with zero attached hydrogens (tertiary/aromatic N) is 7. The fourth-order valence-electron chi connectivity index (χ4n) is 8.70. The maximum atomic E-state index is 5.51. The van der Waals surface area contributed by atoms with Crippen molar-refractivity contribution in [3.05, 3.63) is 168 Å². The second-order valence-electron chi connectivity index (χ2n) is 13.5. The molecule has 50 heavy (non-hydrogen) atoms. The van der Waals surface area contributed by atoms with Crippen LogP contribution in [0, 0.1) is 12.8 Å². The van der Waals surface area contributed by atoms with Crippen LogP contribution in [-0.2, 0) is 0 Å². The Balaban J connectivity index is 1.24. The number of fused-ring (bicyclic) bond motifs is 12. The smallest absolute Gasteiger partial charge is 0.162 e. The summed E-state index contributed by atoms with van der Waals surface area (Å²) in [4.78, 5) is 17.6. The molecule has 10 rings (SSSR count). The van der Waals surface area contributed by atoms with Crippen molar-refractivity contribution in [2.75, 3.05) is 26.8 Å². The standard InChI is InChI=1S/C43H35N7/c1-27-16-10-11-21-31(27)39-44-26-36-41(45-39)49-34-24-14-12-22-32(34)28(2)37-33-23-13-15-25-35(33)50-43(38(37)42(49)47(36)3)48(30-19-8-5-9-20-30)40(46-50)29-17-6-4-7-18-29/h4-26,37-38,42-43H,2H2,1,3H3. The molecule has 0 radical (unpaired) electrons. The molecule has 4 unspecified atom stereocenters. The van der Waals surface area contributed by atoms with E-state index in [2.05, 4.69) is 167 Å². The Morgan fingerprint density at radius 3 is 2.08 bits per heavy atom. The highest BCUT2D eigenvalue weighted by molar-refractivity contribution is 6.13. The van der Waals surface area contributed by atoms with Gasteiger partial charge in [-0.25, -0.2) is 15.0 Å². The third kappa shape index (κ3) is 4.00. The van der Waals surface area contributed by atoms with Crippen molar-refractivity contribution < 1.29 is 0 Å². The lowest BCUT2D eigenvalue weighted by molar-refractivity contribution is 0.316. The third-order valence-electron chi connectivity index (χ3n) is 10.9. The predicted octanol–water partition coefficient (Wildman–Crippen LogP) is 8.82. The molecule has 5 aromatic carbocycles. The minimum Gasteiger partial charge on any atom is -0.349 e. The van der Waals surface area contributed by atoms with Gasteiger partial charge in [0.15, 0.2) is 17.5 Å². The first-order chi connectivity index (χ1) is 24.6. The van der Waals surface area contributed by atoms with Gasteiger partial charge in [0.2, 0.25) is 0 Å². The van der Waals surface area contributed by atoms with E-state index in [0.717, 1.165) is 68.1 Å². The van der Waals surface area contributed by atoms with Gasteiger partial charge < -0.3 is 14.7 Å². The summed E-state index contributed by atoms with van der Waals surface area (Å²) in [6, 6.07) is 47.1. The van der Waals surface area contributed by atoms with Crippen LogP contribution in [0.2, 0.25) is 0 Å². The van der Waals surface area contributed by atoms with Crippen LogP contribution in [0.4, 0.5) is 28.6 Å². The molecule has 5 heterocycles. The quantitative estimate of drug-likeness (QED) is 0.191. The highest BCUT2D eigenvalue weighted by Crippen LogP contribution is 2.60. The number of hydrogen-bond donors (Lipinski definition) is 0. The second kappa shape index (κ2) is 10.9. The monoisotopic (exact) mass is 649 g/mol. The van der Waals surface area contributed by atoms with E-state index < -0.39 is 0 Å². The third-order valence-corrected chi connectivity index (χ3v) is 10.9. The molecule has 0 saturated carbocycles. The van der Waals surface area contributed by atoms with E-state index >= 15 is 0 Å². The van der Waals surface area contributed by atoms with Crippen molar-refractivity contribution in [2.24, 2.45) is 11.0 Å². The molecular weight excluding hydrogens is 615 g/mol. The van der Waals surface area contributed by atoms with Crippen molar-refractivity contribution in [1.29, 1.82) is 0 Å². The van der Waals surface area contributed by atoms with E-state index in [1.54, 1.807) is 0 Å². The van der Waals surface area contributed by atoms with Gasteiger partial charge in [-0.3, -0.25) is 0 Å². The summed E-state index contributed by atoms with van der Waals surface area (Å²) in [5.74, 6) is 2.52. The van der Waals surface area contributed by atoms with Gasteiger partial charge in [0.25, 0.3) is 0 Å². The van der Waals surface area contributed by atoms with Crippen LogP contribution in [0.15, 0.2) is 151 Å². The van der Waals surface area contributed by atoms with Gasteiger partial charge in [0.05, 0.1) is 23.5 Å². The Bertz CT molecular complexity index is 2340.